The molecule has 5 nitrogen and oxygen atoms in total. The third-order valence-electron chi connectivity index (χ3n) is 14.3. The minimum Gasteiger partial charge on any atom is -0.485 e. The van der Waals surface area contributed by atoms with Crippen LogP contribution in [0.15, 0.2) is 218 Å². The fraction of sp³-hybridized carbons (Fsp3) is 0.0333. The van der Waals surface area contributed by atoms with E-state index in [-0.39, 0.29) is 12.0 Å². The van der Waals surface area contributed by atoms with E-state index in [1.165, 1.54) is 81.8 Å². The van der Waals surface area contributed by atoms with Crippen LogP contribution in [0.25, 0.3) is 110 Å². The van der Waals surface area contributed by atoms with E-state index in [4.69, 9.17) is 4.74 Å². The fourth-order valence-corrected chi connectivity index (χ4v) is 11.5. The molecule has 1 aliphatic carbocycles. The maximum Gasteiger partial charge on any atom is 0.128 e. The lowest BCUT2D eigenvalue weighted by Gasteiger charge is -2.14. The van der Waals surface area contributed by atoms with Crippen molar-refractivity contribution in [2.75, 3.05) is 0 Å². The number of benzene rings is 9. The van der Waals surface area contributed by atoms with Gasteiger partial charge in [-0.15, -0.1) is 0 Å². The predicted molar refractivity (Wildman–Crippen MR) is 269 cm³/mol. The van der Waals surface area contributed by atoms with Crippen LogP contribution in [0, 0.1) is 0 Å². The molecule has 0 spiro atoms. The molecule has 2 aliphatic rings. The summed E-state index contributed by atoms with van der Waals surface area (Å²) < 4.78 is 16.3. The van der Waals surface area contributed by atoms with Crippen molar-refractivity contribution < 1.29 is 4.74 Å². The Kier molecular flexibility index (Phi) is 7.00. The first kappa shape index (κ1) is 35.0. The van der Waals surface area contributed by atoms with Crippen LogP contribution in [0.4, 0.5) is 0 Å². The van der Waals surface area contributed by atoms with Crippen molar-refractivity contribution in [3.05, 3.63) is 224 Å². The van der Waals surface area contributed by atoms with Gasteiger partial charge in [-0.1, -0.05) is 109 Å². The van der Waals surface area contributed by atoms with E-state index in [0.717, 1.165) is 39.5 Å². The van der Waals surface area contributed by atoms with Crippen LogP contribution < -0.4 is 4.74 Å². The molecule has 5 heteroatoms. The lowest BCUT2D eigenvalue weighted by Crippen LogP contribution is -2.15. The van der Waals surface area contributed by atoms with Crippen molar-refractivity contribution in [2.24, 2.45) is 0 Å². The number of nitrogens with zero attached hydrogens (tertiary/aromatic N) is 4. The van der Waals surface area contributed by atoms with Crippen LogP contribution in [0.1, 0.15) is 11.5 Å². The van der Waals surface area contributed by atoms with E-state index in [1.54, 1.807) is 0 Å². The van der Waals surface area contributed by atoms with Gasteiger partial charge < -0.3 is 23.0 Å². The molecular formula is C60H38N4O. The molecule has 4 aromatic heterocycles. The van der Waals surface area contributed by atoms with E-state index >= 15 is 0 Å². The van der Waals surface area contributed by atoms with Gasteiger partial charge in [0.15, 0.2) is 0 Å². The molecule has 13 aromatic rings. The normalized spacial score (nSPS) is 15.7. The summed E-state index contributed by atoms with van der Waals surface area (Å²) in [5.41, 5.74) is 15.2. The van der Waals surface area contributed by atoms with Crippen LogP contribution in [0.2, 0.25) is 0 Å². The van der Waals surface area contributed by atoms with E-state index in [1.807, 2.05) is 0 Å². The van der Waals surface area contributed by atoms with Gasteiger partial charge in [0.05, 0.1) is 44.1 Å². The largest absolute Gasteiger partial charge is 0.485 e. The molecule has 5 heterocycles. The molecule has 0 N–H and O–H groups in total. The number of rotatable bonds is 4. The quantitative estimate of drug-likeness (QED) is 0.174. The molecule has 0 amide bonds. The first-order valence-corrected chi connectivity index (χ1v) is 22.5. The summed E-state index contributed by atoms with van der Waals surface area (Å²) in [5.74, 6) is 1.14. The van der Waals surface area contributed by atoms with Gasteiger partial charge in [-0.2, -0.15) is 0 Å². The van der Waals surface area contributed by atoms with Crippen LogP contribution >= 0.6 is 0 Å². The zero-order valence-corrected chi connectivity index (χ0v) is 35.1. The lowest BCUT2D eigenvalue weighted by atomic mass is 9.92. The Morgan fingerprint density at radius 3 is 1.23 bits per heavy atom. The first-order valence-electron chi connectivity index (χ1n) is 22.5. The Labute approximate surface area is 373 Å². The van der Waals surface area contributed by atoms with Gasteiger partial charge in [-0.3, -0.25) is 0 Å². The zero-order chi connectivity index (χ0) is 42.3. The number of fused-ring (bicyclic) bond motifs is 15. The predicted octanol–water partition coefficient (Wildman–Crippen LogP) is 15.0. The molecule has 9 aromatic carbocycles. The van der Waals surface area contributed by atoms with Gasteiger partial charge in [0, 0.05) is 77.3 Å². The minimum absolute atomic E-state index is 0.0182. The van der Waals surface area contributed by atoms with Crippen molar-refractivity contribution >= 4 is 87.2 Å². The van der Waals surface area contributed by atoms with Gasteiger partial charge >= 0.3 is 0 Å². The Bertz CT molecular complexity index is 4120. The topological polar surface area (TPSA) is 28.9 Å². The van der Waals surface area contributed by atoms with Crippen molar-refractivity contribution in [3.63, 3.8) is 0 Å². The van der Waals surface area contributed by atoms with Gasteiger partial charge in [-0.25, -0.2) is 0 Å². The highest BCUT2D eigenvalue weighted by atomic mass is 16.5. The van der Waals surface area contributed by atoms with Crippen molar-refractivity contribution in [2.45, 2.75) is 12.0 Å². The molecule has 0 fully saturated rings. The average Bonchev–Trinajstić information content (AvgIpc) is 4.16. The summed E-state index contributed by atoms with van der Waals surface area (Å²) in [6, 6.07) is 71.6. The fourth-order valence-electron chi connectivity index (χ4n) is 11.5. The number of hydrogen-bond donors (Lipinski definition) is 0. The van der Waals surface area contributed by atoms with E-state index in [2.05, 4.69) is 237 Å². The van der Waals surface area contributed by atoms with E-state index in [0.29, 0.717) is 0 Å². The van der Waals surface area contributed by atoms with Gasteiger partial charge in [-0.05, 0) is 109 Å². The van der Waals surface area contributed by atoms with Crippen LogP contribution in [0.3, 0.4) is 0 Å². The van der Waals surface area contributed by atoms with E-state index in [9.17, 15) is 0 Å². The molecule has 0 radical (unpaired) electrons. The molecule has 2 atom stereocenters. The molecule has 65 heavy (non-hydrogen) atoms. The van der Waals surface area contributed by atoms with Crippen molar-refractivity contribution in [1.82, 2.24) is 18.3 Å². The van der Waals surface area contributed by atoms with Gasteiger partial charge in [0.1, 0.15) is 11.9 Å². The second-order valence-electron chi connectivity index (χ2n) is 17.6. The molecule has 304 valence electrons. The molecule has 2 unspecified atom stereocenters. The Hall–Kier alpha value is -8.54. The maximum atomic E-state index is 6.48. The van der Waals surface area contributed by atoms with Crippen LogP contribution in [0.5, 0.6) is 5.75 Å². The second kappa shape index (κ2) is 13.0. The molecule has 0 saturated heterocycles. The van der Waals surface area contributed by atoms with E-state index < -0.39 is 0 Å². The SMILES string of the molecule is C1=CC2Oc3ccc(-n4c5ccc(-n6c7ccccc7c7ccccc76)cc5c5cc6c(cc54)c4cc(-n5c7ccccc7c7ccccc75)ccc4n6-c4ccccc4)cc3C2C=C1. The Morgan fingerprint density at radius 2 is 0.692 bits per heavy atom. The lowest BCUT2D eigenvalue weighted by molar-refractivity contribution is 0.269. The van der Waals surface area contributed by atoms with Crippen LogP contribution in [-0.2, 0) is 0 Å². The summed E-state index contributed by atoms with van der Waals surface area (Å²) in [7, 11) is 0. The number of hydrogen-bond acceptors (Lipinski definition) is 1. The Balaban J connectivity index is 1.05. The number of allylic oxidation sites excluding steroid dienone is 2. The molecule has 15 rings (SSSR count). The average molecular weight is 831 g/mol. The summed E-state index contributed by atoms with van der Waals surface area (Å²) in [4.78, 5) is 0. The molecule has 0 saturated carbocycles. The van der Waals surface area contributed by atoms with Crippen molar-refractivity contribution in [1.29, 1.82) is 0 Å². The summed E-state index contributed by atoms with van der Waals surface area (Å²) >= 11 is 0. The summed E-state index contributed by atoms with van der Waals surface area (Å²) in [6.07, 6.45) is 8.72. The minimum atomic E-state index is 0.0182. The zero-order valence-electron chi connectivity index (χ0n) is 35.1. The van der Waals surface area contributed by atoms with Crippen molar-refractivity contribution in [3.8, 4) is 28.5 Å². The standard InChI is InChI=1S/C60H38N4O/c1-2-14-37(15-3-1)61-55-29-26-38(62-51-21-9-4-16-41(51)42-17-5-10-22-52(42)62)32-46(55)48-36-58-49(35-57(48)61)47-33-39(63-53-23-11-6-18-43(53)44-19-7-12-24-54(44)63)27-30-56(47)64(58)40-28-31-60-50(34-40)45-20-8-13-25-59(45)65-60/h1-36,45,59H. The summed E-state index contributed by atoms with van der Waals surface area (Å²) in [6.45, 7) is 0. The van der Waals surface area contributed by atoms with Crippen LogP contribution in [-0.4, -0.2) is 24.4 Å². The number of para-hydroxylation sites is 5. The highest BCUT2D eigenvalue weighted by Gasteiger charge is 2.33. The second-order valence-corrected chi connectivity index (χ2v) is 17.6. The number of ether oxygens (including phenoxy) is 1. The highest BCUT2D eigenvalue weighted by molar-refractivity contribution is 6.20. The molecule has 1 aliphatic heterocycles. The highest BCUT2D eigenvalue weighted by Crippen LogP contribution is 2.46. The first-order chi connectivity index (χ1) is 32.2. The molecule has 0 bridgehead atoms. The monoisotopic (exact) mass is 830 g/mol. The number of aromatic nitrogens is 4. The maximum absolute atomic E-state index is 6.48. The third kappa shape index (κ3) is 4.81. The Morgan fingerprint density at radius 1 is 0.292 bits per heavy atom. The van der Waals surface area contributed by atoms with Gasteiger partial charge in [0.2, 0.25) is 0 Å². The third-order valence-corrected chi connectivity index (χ3v) is 14.3. The smallest absolute Gasteiger partial charge is 0.128 e. The summed E-state index contributed by atoms with van der Waals surface area (Å²) in [5, 5.41) is 9.84. The molecular weight excluding hydrogens is 793 g/mol. The van der Waals surface area contributed by atoms with Gasteiger partial charge in [0.25, 0.3) is 0 Å².